The van der Waals surface area contributed by atoms with Gasteiger partial charge in [-0.15, -0.1) is 0 Å². The number of rotatable bonds is 5. The zero-order chi connectivity index (χ0) is 15.4. The molecule has 0 bridgehead atoms. The number of likely N-dealkylation sites (tertiary alicyclic amines) is 1. The Morgan fingerprint density at radius 3 is 3.09 bits per heavy atom. The van der Waals surface area contributed by atoms with Crippen LogP contribution in [0.5, 0.6) is 0 Å². The summed E-state index contributed by atoms with van der Waals surface area (Å²) in [6.07, 6.45) is 5.85. The van der Waals surface area contributed by atoms with Gasteiger partial charge in [-0.05, 0) is 18.6 Å². The smallest absolute Gasteiger partial charge is 0.222 e. The highest BCUT2D eigenvalue weighted by atomic mass is 16.1. The van der Waals surface area contributed by atoms with Crippen molar-refractivity contribution in [2.24, 2.45) is 0 Å². The average molecular weight is 299 g/mol. The summed E-state index contributed by atoms with van der Waals surface area (Å²) in [5, 5.41) is 7.14. The van der Waals surface area contributed by atoms with Crippen LogP contribution in [0.15, 0.2) is 36.7 Å². The van der Waals surface area contributed by atoms with Crippen LogP contribution in [0, 0.1) is 0 Å². The fourth-order valence-electron chi connectivity index (χ4n) is 2.84. The fraction of sp³-hybridized carbons (Fsp3) is 0.438. The van der Waals surface area contributed by atoms with Crippen molar-refractivity contribution in [3.63, 3.8) is 0 Å². The van der Waals surface area contributed by atoms with E-state index in [1.807, 2.05) is 35.3 Å². The number of anilines is 1. The lowest BCUT2D eigenvalue weighted by molar-refractivity contribution is -0.114. The molecule has 1 aliphatic rings. The van der Waals surface area contributed by atoms with Crippen molar-refractivity contribution in [1.82, 2.24) is 19.7 Å². The number of pyridine rings is 1. The Bertz CT molecular complexity index is 624. The molecular formula is C16H21N5O. The average Bonchev–Trinajstić information content (AvgIpc) is 3.14. The van der Waals surface area contributed by atoms with Crippen LogP contribution in [0.25, 0.3) is 0 Å². The minimum absolute atomic E-state index is 0.0892. The number of amides is 1. The molecule has 22 heavy (non-hydrogen) atoms. The van der Waals surface area contributed by atoms with Gasteiger partial charge in [0.1, 0.15) is 0 Å². The molecule has 0 radical (unpaired) electrons. The molecule has 0 aromatic carbocycles. The molecule has 0 saturated carbocycles. The van der Waals surface area contributed by atoms with E-state index in [0.29, 0.717) is 11.9 Å². The van der Waals surface area contributed by atoms with E-state index in [0.717, 1.165) is 38.2 Å². The molecule has 3 rings (SSSR count). The monoisotopic (exact) mass is 299 g/mol. The molecule has 1 atom stereocenters. The maximum atomic E-state index is 11.0. The van der Waals surface area contributed by atoms with Crippen molar-refractivity contribution in [2.75, 3.05) is 25.0 Å². The number of carbonyl (C=O) groups is 1. The van der Waals surface area contributed by atoms with Gasteiger partial charge in [-0.2, -0.15) is 5.10 Å². The molecular weight excluding hydrogens is 278 g/mol. The van der Waals surface area contributed by atoms with Gasteiger partial charge >= 0.3 is 0 Å². The van der Waals surface area contributed by atoms with E-state index in [1.165, 1.54) is 6.92 Å². The van der Waals surface area contributed by atoms with Crippen LogP contribution in [0.3, 0.4) is 0 Å². The van der Waals surface area contributed by atoms with Gasteiger partial charge < -0.3 is 10.2 Å². The quantitative estimate of drug-likeness (QED) is 0.913. The Morgan fingerprint density at radius 2 is 2.32 bits per heavy atom. The van der Waals surface area contributed by atoms with E-state index in [2.05, 4.69) is 26.4 Å². The molecule has 1 fully saturated rings. The maximum absolute atomic E-state index is 11.0. The molecule has 0 aliphatic carbocycles. The Morgan fingerprint density at radius 1 is 1.41 bits per heavy atom. The molecule has 2 aromatic rings. The molecule has 6 heteroatoms. The second-order valence-corrected chi connectivity index (χ2v) is 5.68. The van der Waals surface area contributed by atoms with E-state index in [9.17, 15) is 4.79 Å². The minimum Gasteiger partial charge on any atom is -0.309 e. The van der Waals surface area contributed by atoms with E-state index in [-0.39, 0.29) is 5.91 Å². The zero-order valence-electron chi connectivity index (χ0n) is 12.8. The molecule has 3 heterocycles. The molecule has 0 spiro atoms. The Hall–Kier alpha value is -2.21. The van der Waals surface area contributed by atoms with Gasteiger partial charge in [0.25, 0.3) is 0 Å². The first-order chi connectivity index (χ1) is 10.7. The van der Waals surface area contributed by atoms with Gasteiger partial charge in [0.2, 0.25) is 5.91 Å². The highest BCUT2D eigenvalue weighted by Crippen LogP contribution is 2.22. The zero-order valence-corrected chi connectivity index (χ0v) is 12.8. The van der Waals surface area contributed by atoms with Crippen LogP contribution in [0.4, 0.5) is 5.82 Å². The van der Waals surface area contributed by atoms with Gasteiger partial charge in [-0.1, -0.05) is 6.07 Å². The number of hydrogen-bond donors (Lipinski definition) is 1. The van der Waals surface area contributed by atoms with Crippen molar-refractivity contribution < 1.29 is 4.79 Å². The highest BCUT2D eigenvalue weighted by molar-refractivity contribution is 5.87. The number of aromatic nitrogens is 3. The SMILES string of the molecule is CC(=O)Nc1ccn([C@@H]2CCN(CCc3ccccn3)C2)n1. The van der Waals surface area contributed by atoms with E-state index < -0.39 is 0 Å². The van der Waals surface area contributed by atoms with Crippen LogP contribution in [-0.2, 0) is 11.2 Å². The van der Waals surface area contributed by atoms with Crippen LogP contribution in [0.1, 0.15) is 25.1 Å². The van der Waals surface area contributed by atoms with Crippen LogP contribution in [0.2, 0.25) is 0 Å². The summed E-state index contributed by atoms with van der Waals surface area (Å²) >= 11 is 0. The van der Waals surface area contributed by atoms with Crippen molar-refractivity contribution in [1.29, 1.82) is 0 Å². The lowest BCUT2D eigenvalue weighted by Crippen LogP contribution is -2.24. The lowest BCUT2D eigenvalue weighted by Gasteiger charge is -2.15. The predicted octanol–water partition coefficient (Wildman–Crippen LogP) is 1.73. The van der Waals surface area contributed by atoms with Crippen LogP contribution >= 0.6 is 0 Å². The summed E-state index contributed by atoms with van der Waals surface area (Å²) in [5.41, 5.74) is 1.14. The summed E-state index contributed by atoms with van der Waals surface area (Å²) in [6.45, 7) is 4.59. The minimum atomic E-state index is -0.0892. The van der Waals surface area contributed by atoms with Crippen LogP contribution < -0.4 is 5.32 Å². The summed E-state index contributed by atoms with van der Waals surface area (Å²) in [6, 6.07) is 8.27. The Labute approximate surface area is 130 Å². The van der Waals surface area contributed by atoms with Gasteiger partial charge in [0.15, 0.2) is 5.82 Å². The molecule has 116 valence electrons. The van der Waals surface area contributed by atoms with E-state index in [1.54, 1.807) is 0 Å². The van der Waals surface area contributed by atoms with E-state index >= 15 is 0 Å². The molecule has 2 aromatic heterocycles. The second kappa shape index (κ2) is 6.70. The molecule has 1 aliphatic heterocycles. The molecule has 6 nitrogen and oxygen atoms in total. The number of hydrogen-bond acceptors (Lipinski definition) is 4. The Kier molecular flexibility index (Phi) is 4.48. The third kappa shape index (κ3) is 3.71. The van der Waals surface area contributed by atoms with Gasteiger partial charge in [-0.3, -0.25) is 14.5 Å². The largest absolute Gasteiger partial charge is 0.309 e. The molecule has 1 saturated heterocycles. The Balaban J connectivity index is 1.51. The summed E-state index contributed by atoms with van der Waals surface area (Å²) < 4.78 is 1.96. The number of nitrogens with one attached hydrogen (secondary N) is 1. The van der Waals surface area contributed by atoms with Gasteiger partial charge in [-0.25, -0.2) is 0 Å². The third-order valence-electron chi connectivity index (χ3n) is 3.94. The van der Waals surface area contributed by atoms with Crippen molar-refractivity contribution in [2.45, 2.75) is 25.8 Å². The van der Waals surface area contributed by atoms with Gasteiger partial charge in [0.05, 0.1) is 6.04 Å². The maximum Gasteiger partial charge on any atom is 0.222 e. The fourth-order valence-corrected chi connectivity index (χ4v) is 2.84. The van der Waals surface area contributed by atoms with E-state index in [4.69, 9.17) is 0 Å². The normalized spacial score (nSPS) is 18.5. The highest BCUT2D eigenvalue weighted by Gasteiger charge is 2.24. The van der Waals surface area contributed by atoms with Gasteiger partial charge in [0, 0.05) is 57.1 Å². The first-order valence-electron chi connectivity index (χ1n) is 7.66. The second-order valence-electron chi connectivity index (χ2n) is 5.68. The topological polar surface area (TPSA) is 63.1 Å². The predicted molar refractivity (Wildman–Crippen MR) is 84.6 cm³/mol. The van der Waals surface area contributed by atoms with Crippen molar-refractivity contribution in [3.05, 3.63) is 42.4 Å². The standard InChI is InChI=1S/C16H21N5O/c1-13(22)18-16-7-11-21(19-16)15-6-10-20(12-15)9-5-14-4-2-3-8-17-14/h2-4,7-8,11,15H,5-6,9-10,12H2,1H3,(H,18,19,22)/t15-/m1/s1. The first-order valence-corrected chi connectivity index (χ1v) is 7.66. The first kappa shape index (κ1) is 14.7. The summed E-state index contributed by atoms with van der Waals surface area (Å²) in [4.78, 5) is 17.8. The summed E-state index contributed by atoms with van der Waals surface area (Å²) in [5.74, 6) is 0.535. The van der Waals surface area contributed by atoms with Crippen molar-refractivity contribution in [3.8, 4) is 0 Å². The molecule has 1 N–H and O–H groups in total. The number of carbonyl (C=O) groups excluding carboxylic acids is 1. The van der Waals surface area contributed by atoms with Crippen LogP contribution in [-0.4, -0.2) is 45.2 Å². The number of nitrogens with zero attached hydrogens (tertiary/aromatic N) is 4. The van der Waals surface area contributed by atoms with Crippen molar-refractivity contribution >= 4 is 11.7 Å². The third-order valence-corrected chi connectivity index (χ3v) is 3.94. The molecule has 1 amide bonds. The molecule has 0 unspecified atom stereocenters. The summed E-state index contributed by atoms with van der Waals surface area (Å²) in [7, 11) is 0. The lowest BCUT2D eigenvalue weighted by atomic mass is 10.2.